The van der Waals surface area contributed by atoms with Gasteiger partial charge in [0.05, 0.1) is 0 Å². The molecule has 0 atom stereocenters. The molecule has 2 heterocycles. The first-order valence-electron chi connectivity index (χ1n) is 7.16. The highest BCUT2D eigenvalue weighted by molar-refractivity contribution is 5.90. The van der Waals surface area contributed by atoms with Crippen LogP contribution in [0.2, 0.25) is 0 Å². The van der Waals surface area contributed by atoms with E-state index in [4.69, 9.17) is 9.47 Å². The number of fused-ring (bicyclic) bond motifs is 1. The van der Waals surface area contributed by atoms with E-state index in [1.54, 1.807) is 12.1 Å². The van der Waals surface area contributed by atoms with Crippen molar-refractivity contribution in [1.29, 1.82) is 0 Å². The predicted molar refractivity (Wildman–Crippen MR) is 78.5 cm³/mol. The molecule has 0 spiro atoms. The van der Waals surface area contributed by atoms with Gasteiger partial charge in [-0.15, -0.1) is 5.10 Å². The van der Waals surface area contributed by atoms with Gasteiger partial charge in [0.25, 0.3) is 0 Å². The van der Waals surface area contributed by atoms with Crippen molar-refractivity contribution in [2.24, 2.45) is 7.05 Å². The number of nitrogens with zero attached hydrogens (tertiary/aromatic N) is 3. The van der Waals surface area contributed by atoms with Crippen molar-refractivity contribution in [3.8, 4) is 11.5 Å². The first-order chi connectivity index (χ1) is 11.8. The molecule has 1 aliphatic heterocycles. The van der Waals surface area contributed by atoms with Crippen LogP contribution in [0, 0.1) is 0 Å². The molecule has 0 bridgehead atoms. The van der Waals surface area contributed by atoms with Crippen LogP contribution in [0.5, 0.6) is 11.5 Å². The normalized spacial score (nSPS) is 13.6. The van der Waals surface area contributed by atoms with E-state index >= 15 is 0 Å². The van der Waals surface area contributed by atoms with E-state index in [1.165, 1.54) is 6.07 Å². The van der Waals surface area contributed by atoms with Gasteiger partial charge in [-0.05, 0) is 12.1 Å². The molecule has 2 aromatic rings. The number of nitrogens with one attached hydrogen (secondary N) is 1. The van der Waals surface area contributed by atoms with Crippen molar-refractivity contribution in [1.82, 2.24) is 14.3 Å². The third-order valence-electron chi connectivity index (χ3n) is 3.41. The number of carbonyl (C=O) groups excluding carboxylic acids is 1. The molecule has 1 aromatic heterocycles. The minimum Gasteiger partial charge on any atom is -0.486 e. The van der Waals surface area contributed by atoms with Gasteiger partial charge in [0.1, 0.15) is 19.8 Å². The molecule has 134 valence electrons. The molecule has 0 aliphatic carbocycles. The van der Waals surface area contributed by atoms with Gasteiger partial charge in [0.15, 0.2) is 11.5 Å². The van der Waals surface area contributed by atoms with Crippen LogP contribution in [0.15, 0.2) is 23.0 Å². The molecule has 11 heteroatoms. The van der Waals surface area contributed by atoms with Crippen molar-refractivity contribution in [2.75, 3.05) is 18.5 Å². The van der Waals surface area contributed by atoms with E-state index in [1.807, 2.05) is 0 Å². The largest absolute Gasteiger partial charge is 0.486 e. The van der Waals surface area contributed by atoms with Crippen molar-refractivity contribution in [2.45, 2.75) is 12.7 Å². The highest BCUT2D eigenvalue weighted by Crippen LogP contribution is 2.32. The molecule has 3 rings (SSSR count). The van der Waals surface area contributed by atoms with Gasteiger partial charge >= 0.3 is 11.9 Å². The smallest absolute Gasteiger partial charge is 0.451 e. The number of alkyl halides is 3. The Morgan fingerprint density at radius 3 is 2.60 bits per heavy atom. The summed E-state index contributed by atoms with van der Waals surface area (Å²) in [6.45, 7) is 0.133. The standard InChI is InChI=1S/C14H13F3N4O4/c1-20-12(14(15,16)17)19-21(13(20)23)7-11(22)18-8-2-3-9-10(6-8)25-5-4-24-9/h2-3,6H,4-5,7H2,1H3,(H,18,22). The molecule has 8 nitrogen and oxygen atoms in total. The average Bonchev–Trinajstić information content (AvgIpc) is 2.83. The lowest BCUT2D eigenvalue weighted by atomic mass is 10.2. The average molecular weight is 358 g/mol. The molecule has 0 fully saturated rings. The fourth-order valence-electron chi connectivity index (χ4n) is 2.30. The minimum atomic E-state index is -4.79. The zero-order valence-corrected chi connectivity index (χ0v) is 13.0. The van der Waals surface area contributed by atoms with Crippen molar-refractivity contribution in [3.05, 3.63) is 34.5 Å². The predicted octanol–water partition coefficient (Wildman–Crippen LogP) is 1.01. The Kier molecular flexibility index (Phi) is 4.15. The van der Waals surface area contributed by atoms with E-state index in [-0.39, 0.29) is 0 Å². The Morgan fingerprint density at radius 1 is 1.28 bits per heavy atom. The molecule has 0 unspecified atom stereocenters. The SMILES string of the molecule is Cn1c(C(F)(F)F)nn(CC(=O)Nc2ccc3c(c2)OCCO3)c1=O. The number of benzene rings is 1. The van der Waals surface area contributed by atoms with Gasteiger partial charge < -0.3 is 14.8 Å². The van der Waals surface area contributed by atoms with Crippen LogP contribution in [0.3, 0.4) is 0 Å². The second-order valence-electron chi connectivity index (χ2n) is 5.23. The van der Waals surface area contributed by atoms with E-state index in [0.717, 1.165) is 7.05 Å². The number of anilines is 1. The number of halogens is 3. The van der Waals surface area contributed by atoms with Crippen molar-refractivity contribution < 1.29 is 27.4 Å². The summed E-state index contributed by atoms with van der Waals surface area (Å²) in [7, 11) is 0.938. The third kappa shape index (κ3) is 3.44. The van der Waals surface area contributed by atoms with Crippen LogP contribution >= 0.6 is 0 Å². The molecule has 1 aromatic carbocycles. The zero-order valence-electron chi connectivity index (χ0n) is 13.0. The fraction of sp³-hybridized carbons (Fsp3) is 0.357. The molecule has 1 N–H and O–H groups in total. The molecular formula is C14H13F3N4O4. The van der Waals surface area contributed by atoms with E-state index in [9.17, 15) is 22.8 Å². The maximum absolute atomic E-state index is 12.7. The fourth-order valence-corrected chi connectivity index (χ4v) is 2.30. The summed E-state index contributed by atoms with van der Waals surface area (Å²) >= 11 is 0. The lowest BCUT2D eigenvalue weighted by molar-refractivity contribution is -0.147. The Labute approximate surface area is 138 Å². The zero-order chi connectivity index (χ0) is 18.2. The number of carbonyl (C=O) groups is 1. The Morgan fingerprint density at radius 2 is 1.96 bits per heavy atom. The van der Waals surface area contributed by atoms with Crippen LogP contribution in [0.4, 0.5) is 18.9 Å². The lowest BCUT2D eigenvalue weighted by Crippen LogP contribution is -2.29. The van der Waals surface area contributed by atoms with E-state index in [0.29, 0.717) is 39.6 Å². The number of hydrogen-bond acceptors (Lipinski definition) is 5. The summed E-state index contributed by atoms with van der Waals surface area (Å²) in [5.41, 5.74) is -0.682. The minimum absolute atomic E-state index is 0.345. The summed E-state index contributed by atoms with van der Waals surface area (Å²) in [5, 5.41) is 5.64. The summed E-state index contributed by atoms with van der Waals surface area (Å²) in [5.74, 6) is -1.10. The number of amides is 1. The first-order valence-corrected chi connectivity index (χ1v) is 7.16. The summed E-state index contributed by atoms with van der Waals surface area (Å²) in [6.07, 6.45) is -4.79. The monoisotopic (exact) mass is 358 g/mol. The molecular weight excluding hydrogens is 345 g/mol. The Balaban J connectivity index is 1.74. The molecule has 25 heavy (non-hydrogen) atoms. The Hall–Kier alpha value is -2.98. The van der Waals surface area contributed by atoms with Gasteiger partial charge in [0.2, 0.25) is 11.7 Å². The van der Waals surface area contributed by atoms with Gasteiger partial charge in [0, 0.05) is 18.8 Å². The molecule has 1 aliphatic rings. The van der Waals surface area contributed by atoms with Crippen LogP contribution < -0.4 is 20.5 Å². The van der Waals surface area contributed by atoms with E-state index in [2.05, 4.69) is 10.4 Å². The maximum atomic E-state index is 12.7. The Bertz CT molecular complexity index is 872. The number of rotatable bonds is 3. The van der Waals surface area contributed by atoms with Crippen LogP contribution in [0.1, 0.15) is 5.82 Å². The number of ether oxygens (including phenoxy) is 2. The second-order valence-corrected chi connectivity index (χ2v) is 5.23. The van der Waals surface area contributed by atoms with Gasteiger partial charge in [-0.25, -0.2) is 9.48 Å². The molecule has 0 radical (unpaired) electrons. The highest BCUT2D eigenvalue weighted by atomic mass is 19.4. The molecule has 0 saturated carbocycles. The van der Waals surface area contributed by atoms with Gasteiger partial charge in [-0.2, -0.15) is 13.2 Å². The van der Waals surface area contributed by atoms with Crippen molar-refractivity contribution in [3.63, 3.8) is 0 Å². The highest BCUT2D eigenvalue weighted by Gasteiger charge is 2.38. The third-order valence-corrected chi connectivity index (χ3v) is 3.41. The van der Waals surface area contributed by atoms with Crippen LogP contribution in [-0.2, 0) is 24.6 Å². The number of hydrogen-bond donors (Lipinski definition) is 1. The van der Waals surface area contributed by atoms with Gasteiger partial charge in [-0.1, -0.05) is 0 Å². The topological polar surface area (TPSA) is 87.4 Å². The van der Waals surface area contributed by atoms with E-state index < -0.39 is 30.1 Å². The van der Waals surface area contributed by atoms with Crippen LogP contribution in [-0.4, -0.2) is 33.5 Å². The van der Waals surface area contributed by atoms with Gasteiger partial charge in [-0.3, -0.25) is 9.36 Å². The molecule has 0 saturated heterocycles. The summed E-state index contributed by atoms with van der Waals surface area (Å²) < 4.78 is 49.7. The summed E-state index contributed by atoms with van der Waals surface area (Å²) in [6, 6.07) is 4.67. The lowest BCUT2D eigenvalue weighted by Gasteiger charge is -2.18. The maximum Gasteiger partial charge on any atom is 0.451 e. The number of aromatic nitrogens is 3. The first kappa shape index (κ1) is 16.9. The quantitative estimate of drug-likeness (QED) is 0.885. The van der Waals surface area contributed by atoms with Crippen LogP contribution in [0.25, 0.3) is 0 Å². The summed E-state index contributed by atoms with van der Waals surface area (Å²) in [4.78, 5) is 23.8. The second kappa shape index (κ2) is 6.15. The molecule has 1 amide bonds. The van der Waals surface area contributed by atoms with Crippen molar-refractivity contribution >= 4 is 11.6 Å².